The summed E-state index contributed by atoms with van der Waals surface area (Å²) in [4.78, 5) is 22.6. The molecule has 4 rings (SSSR count). The van der Waals surface area contributed by atoms with Gasteiger partial charge >= 0.3 is 5.97 Å². The van der Waals surface area contributed by atoms with Crippen LogP contribution in [-0.2, 0) is 0 Å². The summed E-state index contributed by atoms with van der Waals surface area (Å²) >= 11 is 0. The van der Waals surface area contributed by atoms with Gasteiger partial charge in [0.25, 0.3) is 0 Å². The molecule has 1 fully saturated rings. The molecule has 3 aromatic heterocycles. The minimum absolute atomic E-state index is 0.123. The minimum Gasteiger partial charge on any atom is -0.478 e. The van der Waals surface area contributed by atoms with Gasteiger partial charge in [-0.3, -0.25) is 0 Å². The third kappa shape index (κ3) is 4.33. The highest BCUT2D eigenvalue weighted by molar-refractivity contribution is 5.94. The van der Waals surface area contributed by atoms with Gasteiger partial charge in [-0.2, -0.15) is 10.4 Å². The molecule has 0 spiro atoms. The minimum atomic E-state index is -1.04. The molecule has 0 radical (unpaired) electrons. The van der Waals surface area contributed by atoms with Crippen molar-refractivity contribution >= 4 is 28.9 Å². The summed E-state index contributed by atoms with van der Waals surface area (Å²) in [6.45, 7) is 2.47. The molecule has 3 N–H and O–H groups in total. The largest absolute Gasteiger partial charge is 0.478 e. The molecule has 166 valence electrons. The van der Waals surface area contributed by atoms with E-state index in [0.29, 0.717) is 46.8 Å². The van der Waals surface area contributed by atoms with Gasteiger partial charge in [-0.15, -0.1) is 0 Å². The molecule has 0 amide bonds. The maximum Gasteiger partial charge on any atom is 0.339 e. The average Bonchev–Trinajstić information content (AvgIpc) is 3.18. The Morgan fingerprint density at radius 3 is 2.78 bits per heavy atom. The van der Waals surface area contributed by atoms with Crippen molar-refractivity contribution in [1.82, 2.24) is 19.6 Å². The predicted octanol–water partition coefficient (Wildman–Crippen LogP) is 2.73. The first-order valence-electron chi connectivity index (χ1n) is 10.5. The molecule has 0 atom stereocenters. The first-order chi connectivity index (χ1) is 15.4. The van der Waals surface area contributed by atoms with Gasteiger partial charge in [-0.05, 0) is 56.7 Å². The summed E-state index contributed by atoms with van der Waals surface area (Å²) < 4.78 is 1.47. The number of carbonyl (C=O) groups is 1. The highest BCUT2D eigenvalue weighted by atomic mass is 16.4. The van der Waals surface area contributed by atoms with Crippen molar-refractivity contribution in [1.29, 1.82) is 5.26 Å². The summed E-state index contributed by atoms with van der Waals surface area (Å²) in [5.41, 5.74) is 2.22. The lowest BCUT2D eigenvalue weighted by molar-refractivity contribution is 0.0697. The number of aryl methyl sites for hydroxylation is 1. The molecule has 3 heterocycles. The van der Waals surface area contributed by atoms with Gasteiger partial charge in [0.15, 0.2) is 11.3 Å². The lowest BCUT2D eigenvalue weighted by Gasteiger charge is -2.30. The second-order valence-electron chi connectivity index (χ2n) is 8.24. The predicted molar refractivity (Wildman–Crippen MR) is 118 cm³/mol. The van der Waals surface area contributed by atoms with Crippen LogP contribution in [0.25, 0.3) is 5.65 Å². The zero-order chi connectivity index (χ0) is 22.8. The number of nitrogens with one attached hydrogen (secondary N) is 1. The number of carboxylic acids is 1. The zero-order valence-corrected chi connectivity index (χ0v) is 18.0. The van der Waals surface area contributed by atoms with Gasteiger partial charge in [0.05, 0.1) is 23.7 Å². The Morgan fingerprint density at radius 2 is 2.09 bits per heavy atom. The first-order valence-corrected chi connectivity index (χ1v) is 10.5. The number of carboxylic acid groups (broad SMARTS) is 1. The van der Waals surface area contributed by atoms with Crippen LogP contribution in [0.15, 0.2) is 24.4 Å². The Bertz CT molecular complexity index is 1190. The summed E-state index contributed by atoms with van der Waals surface area (Å²) in [7, 11) is 1.84. The van der Waals surface area contributed by atoms with Crippen molar-refractivity contribution in [2.24, 2.45) is 5.92 Å². The number of nitriles is 1. The number of hydrogen-bond acceptors (Lipinski definition) is 8. The fraction of sp³-hybridized carbons (Fsp3) is 0.409. The summed E-state index contributed by atoms with van der Waals surface area (Å²) in [6, 6.07) is 7.00. The number of rotatable bonds is 6. The molecule has 1 saturated carbocycles. The van der Waals surface area contributed by atoms with Gasteiger partial charge in [0.2, 0.25) is 0 Å². The lowest BCUT2D eigenvalue weighted by atomic mass is 9.87. The SMILES string of the molecule is Cc1cc(Nc2ccc(C(=O)O)c(N(C)CC3CCC(O)CC3)n2)c2ncc(C#N)n2n1. The van der Waals surface area contributed by atoms with Gasteiger partial charge in [-0.1, -0.05) is 0 Å². The molecule has 1 aliphatic carbocycles. The van der Waals surface area contributed by atoms with Gasteiger partial charge in [-0.25, -0.2) is 19.3 Å². The van der Waals surface area contributed by atoms with E-state index in [1.807, 2.05) is 18.9 Å². The Labute approximate surface area is 185 Å². The van der Waals surface area contributed by atoms with Crippen molar-refractivity contribution in [3.8, 4) is 6.07 Å². The van der Waals surface area contributed by atoms with Crippen LogP contribution in [0, 0.1) is 24.2 Å². The molecule has 0 aliphatic heterocycles. The first kappa shape index (κ1) is 21.5. The van der Waals surface area contributed by atoms with Crippen molar-refractivity contribution in [3.63, 3.8) is 0 Å². The highest BCUT2D eigenvalue weighted by Crippen LogP contribution is 2.29. The molecule has 32 heavy (non-hydrogen) atoms. The van der Waals surface area contributed by atoms with Crippen LogP contribution < -0.4 is 10.2 Å². The van der Waals surface area contributed by atoms with Crippen LogP contribution >= 0.6 is 0 Å². The highest BCUT2D eigenvalue weighted by Gasteiger charge is 2.23. The zero-order valence-electron chi connectivity index (χ0n) is 18.0. The Hall–Kier alpha value is -3.71. The second-order valence-corrected chi connectivity index (χ2v) is 8.24. The van der Waals surface area contributed by atoms with Gasteiger partial charge in [0.1, 0.15) is 23.3 Å². The third-order valence-electron chi connectivity index (χ3n) is 5.78. The number of fused-ring (bicyclic) bond motifs is 1. The van der Waals surface area contributed by atoms with Gasteiger partial charge < -0.3 is 20.4 Å². The molecule has 0 aromatic carbocycles. The molecule has 0 unspecified atom stereocenters. The van der Waals surface area contributed by atoms with E-state index in [1.165, 1.54) is 16.8 Å². The van der Waals surface area contributed by atoms with E-state index in [9.17, 15) is 20.3 Å². The number of nitrogens with zero attached hydrogens (tertiary/aromatic N) is 6. The molecular formula is C22H25N7O3. The van der Waals surface area contributed by atoms with Crippen LogP contribution in [0.1, 0.15) is 47.4 Å². The quantitative estimate of drug-likeness (QED) is 0.533. The molecule has 10 nitrogen and oxygen atoms in total. The van der Waals surface area contributed by atoms with Crippen LogP contribution in [0.4, 0.5) is 17.3 Å². The van der Waals surface area contributed by atoms with Crippen molar-refractivity contribution in [2.75, 3.05) is 23.8 Å². The average molecular weight is 435 g/mol. The topological polar surface area (TPSA) is 140 Å². The van der Waals surface area contributed by atoms with Crippen molar-refractivity contribution in [2.45, 2.75) is 38.7 Å². The monoisotopic (exact) mass is 435 g/mol. The maximum atomic E-state index is 11.8. The second kappa shape index (κ2) is 8.80. The normalized spacial score (nSPS) is 18.3. The number of aromatic carboxylic acids is 1. The van der Waals surface area contributed by atoms with E-state index in [4.69, 9.17) is 0 Å². The summed E-state index contributed by atoms with van der Waals surface area (Å²) in [5.74, 6) is 0.167. The number of pyridine rings is 1. The van der Waals surface area contributed by atoms with Crippen molar-refractivity contribution < 1.29 is 15.0 Å². The molecule has 0 saturated heterocycles. The Balaban J connectivity index is 1.64. The van der Waals surface area contributed by atoms with E-state index in [2.05, 4.69) is 26.5 Å². The fourth-order valence-electron chi connectivity index (χ4n) is 4.17. The lowest BCUT2D eigenvalue weighted by Crippen LogP contribution is -2.31. The van der Waals surface area contributed by atoms with E-state index in [1.54, 1.807) is 12.1 Å². The maximum absolute atomic E-state index is 11.8. The van der Waals surface area contributed by atoms with E-state index in [0.717, 1.165) is 25.7 Å². The number of aromatic nitrogens is 4. The van der Waals surface area contributed by atoms with E-state index < -0.39 is 5.97 Å². The van der Waals surface area contributed by atoms with Crippen LogP contribution in [0.5, 0.6) is 0 Å². The number of aliphatic hydroxyl groups excluding tert-OH is 1. The molecule has 1 aliphatic rings. The number of imidazole rings is 1. The summed E-state index contributed by atoms with van der Waals surface area (Å²) in [6.07, 6.45) is 4.57. The van der Waals surface area contributed by atoms with Crippen LogP contribution in [-0.4, -0.2) is 55.5 Å². The molecule has 10 heteroatoms. The Kier molecular flexibility index (Phi) is 5.92. The Morgan fingerprint density at radius 1 is 1.34 bits per heavy atom. The van der Waals surface area contributed by atoms with E-state index >= 15 is 0 Å². The molecule has 0 bridgehead atoms. The van der Waals surface area contributed by atoms with Gasteiger partial charge in [0, 0.05) is 13.6 Å². The van der Waals surface area contributed by atoms with Crippen LogP contribution in [0.2, 0.25) is 0 Å². The van der Waals surface area contributed by atoms with Crippen molar-refractivity contribution in [3.05, 3.63) is 41.3 Å². The molecular weight excluding hydrogens is 410 g/mol. The van der Waals surface area contributed by atoms with E-state index in [-0.39, 0.29) is 11.7 Å². The summed E-state index contributed by atoms with van der Waals surface area (Å²) in [5, 5.41) is 36.2. The third-order valence-corrected chi connectivity index (χ3v) is 5.78. The molecule has 3 aromatic rings. The fourth-order valence-corrected chi connectivity index (χ4v) is 4.17. The number of anilines is 3. The standard InChI is InChI=1S/C22H25N7O3/c1-13-9-18(21-24-11-15(10-23)29(21)27-13)25-19-8-7-17(22(31)32)20(26-19)28(2)12-14-3-5-16(30)6-4-14/h7-9,11,14,16,30H,3-6,12H2,1-2H3,(H,25,26)(H,31,32). The number of hydrogen-bond donors (Lipinski definition) is 3. The smallest absolute Gasteiger partial charge is 0.339 e. The number of aliphatic hydroxyl groups is 1. The van der Waals surface area contributed by atoms with Crippen LogP contribution in [0.3, 0.4) is 0 Å².